The monoisotopic (exact) mass is 274 g/mol. The van der Waals surface area contributed by atoms with Crippen molar-refractivity contribution in [2.45, 2.75) is 25.9 Å². The highest BCUT2D eigenvalue weighted by molar-refractivity contribution is 7.09. The van der Waals surface area contributed by atoms with Crippen LogP contribution in [0.4, 0.5) is 5.13 Å². The molecule has 3 rings (SSSR count). The lowest BCUT2D eigenvalue weighted by Gasteiger charge is -2.24. The maximum atomic E-state index is 12.2. The van der Waals surface area contributed by atoms with Gasteiger partial charge in [-0.25, -0.2) is 4.98 Å². The zero-order valence-electron chi connectivity index (χ0n) is 10.5. The maximum absolute atomic E-state index is 12.2. The normalized spacial score (nSPS) is 17.8. The second-order valence-electron chi connectivity index (χ2n) is 4.54. The van der Waals surface area contributed by atoms with E-state index in [-0.39, 0.29) is 11.9 Å². The van der Waals surface area contributed by atoms with Gasteiger partial charge in [0.05, 0.1) is 6.04 Å². The summed E-state index contributed by atoms with van der Waals surface area (Å²) in [5.41, 5.74) is 2.49. The molecule has 0 fully saturated rings. The summed E-state index contributed by atoms with van der Waals surface area (Å²) < 4.78 is 4.05. The number of carbonyl (C=O) groups is 1. The fraction of sp³-hybridized carbons (Fsp3) is 0.308. The standard InChI is InChI=1S/C13H14N4OS/c1-8-15-13(19-17-8)16-12(18)11-6-9-4-2-3-5-10(9)7-14-11/h2-5,11,14H,6-7H2,1H3,(H,15,16,17,18)/t11-/m0/s1. The zero-order valence-corrected chi connectivity index (χ0v) is 11.3. The first-order valence-electron chi connectivity index (χ1n) is 6.14. The first-order valence-corrected chi connectivity index (χ1v) is 6.91. The lowest BCUT2D eigenvalue weighted by molar-refractivity contribution is -0.118. The number of nitrogens with zero attached hydrogens (tertiary/aromatic N) is 2. The van der Waals surface area contributed by atoms with Crippen molar-refractivity contribution in [1.29, 1.82) is 0 Å². The van der Waals surface area contributed by atoms with Gasteiger partial charge in [-0.05, 0) is 24.5 Å². The van der Waals surface area contributed by atoms with E-state index in [4.69, 9.17) is 0 Å². The van der Waals surface area contributed by atoms with E-state index in [0.717, 1.165) is 6.54 Å². The van der Waals surface area contributed by atoms with Crippen LogP contribution in [0.2, 0.25) is 0 Å². The first kappa shape index (κ1) is 12.3. The smallest absolute Gasteiger partial charge is 0.243 e. The van der Waals surface area contributed by atoms with Crippen molar-refractivity contribution in [3.63, 3.8) is 0 Å². The molecule has 0 saturated heterocycles. The second-order valence-corrected chi connectivity index (χ2v) is 5.29. The van der Waals surface area contributed by atoms with Crippen molar-refractivity contribution in [3.8, 4) is 0 Å². The Hall–Kier alpha value is -1.79. The first-order chi connectivity index (χ1) is 9.22. The molecule has 1 amide bonds. The highest BCUT2D eigenvalue weighted by atomic mass is 32.1. The van der Waals surface area contributed by atoms with Gasteiger partial charge in [0.15, 0.2) is 0 Å². The molecule has 0 radical (unpaired) electrons. The van der Waals surface area contributed by atoms with Gasteiger partial charge in [-0.15, -0.1) is 0 Å². The van der Waals surface area contributed by atoms with Crippen molar-refractivity contribution >= 4 is 22.6 Å². The Morgan fingerprint density at radius 1 is 1.42 bits per heavy atom. The van der Waals surface area contributed by atoms with Gasteiger partial charge in [0.2, 0.25) is 11.0 Å². The van der Waals surface area contributed by atoms with E-state index in [1.165, 1.54) is 22.7 Å². The minimum Gasteiger partial charge on any atom is -0.301 e. The van der Waals surface area contributed by atoms with Crippen LogP contribution in [0.5, 0.6) is 0 Å². The Kier molecular flexibility index (Phi) is 3.27. The van der Waals surface area contributed by atoms with Crippen LogP contribution in [0, 0.1) is 6.92 Å². The molecule has 0 unspecified atom stereocenters. The fourth-order valence-corrected chi connectivity index (χ4v) is 2.76. The number of fused-ring (bicyclic) bond motifs is 1. The molecule has 1 aromatic carbocycles. The van der Waals surface area contributed by atoms with Crippen LogP contribution in [0.25, 0.3) is 0 Å². The van der Waals surface area contributed by atoms with Crippen LogP contribution in [-0.4, -0.2) is 21.3 Å². The minimum atomic E-state index is -0.209. The Morgan fingerprint density at radius 3 is 2.95 bits per heavy atom. The average Bonchev–Trinajstić information content (AvgIpc) is 2.83. The molecule has 1 aliphatic heterocycles. The van der Waals surface area contributed by atoms with Crippen LogP contribution < -0.4 is 10.6 Å². The highest BCUT2D eigenvalue weighted by Gasteiger charge is 2.24. The van der Waals surface area contributed by atoms with E-state index < -0.39 is 0 Å². The van der Waals surface area contributed by atoms with Crippen molar-refractivity contribution in [2.75, 3.05) is 5.32 Å². The molecule has 5 nitrogen and oxygen atoms in total. The van der Waals surface area contributed by atoms with Crippen molar-refractivity contribution < 1.29 is 4.79 Å². The summed E-state index contributed by atoms with van der Waals surface area (Å²) >= 11 is 1.21. The maximum Gasteiger partial charge on any atom is 0.243 e. The summed E-state index contributed by atoms with van der Waals surface area (Å²) in [5.74, 6) is 0.632. The predicted octanol–water partition coefficient (Wildman–Crippen LogP) is 1.50. The van der Waals surface area contributed by atoms with Gasteiger partial charge >= 0.3 is 0 Å². The number of hydrogen-bond acceptors (Lipinski definition) is 5. The Bertz CT molecular complexity index is 610. The van der Waals surface area contributed by atoms with Gasteiger partial charge < -0.3 is 5.32 Å². The van der Waals surface area contributed by atoms with Gasteiger partial charge in [0.25, 0.3) is 0 Å². The molecule has 0 saturated carbocycles. The SMILES string of the molecule is Cc1nsc(NC(=O)[C@@H]2Cc3ccccc3CN2)n1. The van der Waals surface area contributed by atoms with E-state index >= 15 is 0 Å². The number of benzene rings is 1. The predicted molar refractivity (Wildman–Crippen MR) is 74.0 cm³/mol. The molecule has 1 atom stereocenters. The van der Waals surface area contributed by atoms with Crippen LogP contribution in [0.1, 0.15) is 17.0 Å². The topological polar surface area (TPSA) is 66.9 Å². The van der Waals surface area contributed by atoms with E-state index in [0.29, 0.717) is 17.4 Å². The Morgan fingerprint density at radius 2 is 2.21 bits per heavy atom. The third-order valence-corrected chi connectivity index (χ3v) is 3.88. The molecule has 2 N–H and O–H groups in total. The van der Waals surface area contributed by atoms with Gasteiger partial charge in [0, 0.05) is 18.1 Å². The zero-order chi connectivity index (χ0) is 13.2. The number of amides is 1. The Balaban J connectivity index is 1.69. The third-order valence-electron chi connectivity index (χ3n) is 3.16. The molecule has 2 heterocycles. The van der Waals surface area contributed by atoms with Crippen LogP contribution in [0.15, 0.2) is 24.3 Å². The Labute approximate surface area is 115 Å². The summed E-state index contributed by atoms with van der Waals surface area (Å²) in [6, 6.07) is 7.98. The van der Waals surface area contributed by atoms with Crippen LogP contribution in [-0.2, 0) is 17.8 Å². The molecule has 0 bridgehead atoms. The quantitative estimate of drug-likeness (QED) is 0.871. The molecule has 1 aliphatic rings. The summed E-state index contributed by atoms with van der Waals surface area (Å²) in [6.07, 6.45) is 0.708. The minimum absolute atomic E-state index is 0.0503. The van der Waals surface area contributed by atoms with Gasteiger partial charge in [-0.1, -0.05) is 24.3 Å². The molecular formula is C13H14N4OS. The van der Waals surface area contributed by atoms with Crippen LogP contribution >= 0.6 is 11.5 Å². The number of rotatable bonds is 2. The molecule has 1 aromatic heterocycles. The number of aryl methyl sites for hydroxylation is 1. The lowest BCUT2D eigenvalue weighted by atomic mass is 9.95. The van der Waals surface area contributed by atoms with Gasteiger partial charge in [0.1, 0.15) is 5.82 Å². The van der Waals surface area contributed by atoms with E-state index in [9.17, 15) is 4.79 Å². The van der Waals surface area contributed by atoms with Gasteiger partial charge in [-0.2, -0.15) is 4.37 Å². The average molecular weight is 274 g/mol. The molecule has 2 aromatic rings. The molecule has 0 aliphatic carbocycles. The molecule has 6 heteroatoms. The number of hydrogen-bond donors (Lipinski definition) is 2. The summed E-state index contributed by atoms with van der Waals surface area (Å²) in [6.45, 7) is 2.53. The summed E-state index contributed by atoms with van der Waals surface area (Å²) in [5, 5.41) is 6.61. The van der Waals surface area contributed by atoms with Gasteiger partial charge in [-0.3, -0.25) is 10.1 Å². The lowest BCUT2D eigenvalue weighted by Crippen LogP contribution is -2.44. The molecular weight excluding hydrogens is 260 g/mol. The highest BCUT2D eigenvalue weighted by Crippen LogP contribution is 2.18. The number of nitrogens with one attached hydrogen (secondary N) is 2. The van der Waals surface area contributed by atoms with Crippen molar-refractivity contribution in [2.24, 2.45) is 0 Å². The van der Waals surface area contributed by atoms with Crippen molar-refractivity contribution in [1.82, 2.24) is 14.7 Å². The van der Waals surface area contributed by atoms with Crippen molar-refractivity contribution in [3.05, 3.63) is 41.2 Å². The number of aromatic nitrogens is 2. The van der Waals surface area contributed by atoms with E-state index in [1.807, 2.05) is 12.1 Å². The molecule has 0 spiro atoms. The molecule has 19 heavy (non-hydrogen) atoms. The third kappa shape index (κ3) is 2.64. The van der Waals surface area contributed by atoms with Crippen LogP contribution in [0.3, 0.4) is 0 Å². The largest absolute Gasteiger partial charge is 0.301 e. The second kappa shape index (κ2) is 5.07. The number of carbonyl (C=O) groups excluding carboxylic acids is 1. The van der Waals surface area contributed by atoms with E-state index in [1.54, 1.807) is 6.92 Å². The summed E-state index contributed by atoms with van der Waals surface area (Å²) in [4.78, 5) is 16.3. The fourth-order valence-electron chi connectivity index (χ4n) is 2.18. The number of anilines is 1. The van der Waals surface area contributed by atoms with E-state index in [2.05, 4.69) is 32.1 Å². The summed E-state index contributed by atoms with van der Waals surface area (Å²) in [7, 11) is 0. The molecule has 98 valence electrons.